The van der Waals surface area contributed by atoms with Crippen LogP contribution >= 0.6 is 7.82 Å². The molecule has 0 aromatic carbocycles. The molecule has 0 aliphatic heterocycles. The number of phosphoric acid groups is 1. The molecule has 8 N–H and O–H groups in total. The highest BCUT2D eigenvalue weighted by atomic mass is 31.2. The van der Waals surface area contributed by atoms with Gasteiger partial charge in [-0.3, -0.25) is 4.52 Å². The highest BCUT2D eigenvalue weighted by Gasteiger charge is 2.12. The van der Waals surface area contributed by atoms with Gasteiger partial charge in [-0.25, -0.2) is 9.36 Å². The number of phosphoric ester groups is 1. The zero-order valence-corrected chi connectivity index (χ0v) is 10.8. The molecule has 0 aliphatic rings. The molecular formula is C8H21N2O6P. The van der Waals surface area contributed by atoms with Crippen molar-refractivity contribution in [3.63, 3.8) is 0 Å². The summed E-state index contributed by atoms with van der Waals surface area (Å²) in [5.74, 6) is -0.467. The molecule has 17 heavy (non-hydrogen) atoms. The van der Waals surface area contributed by atoms with Crippen LogP contribution in [0.2, 0.25) is 0 Å². The first kappa shape index (κ1) is 21.5. The third kappa shape index (κ3) is 15.2. The van der Waals surface area contributed by atoms with Crippen LogP contribution in [-0.4, -0.2) is 29.0 Å². The summed E-state index contributed by atoms with van der Waals surface area (Å²) >= 11 is 0. The Hall–Kier alpha value is -0.760. The van der Waals surface area contributed by atoms with Crippen molar-refractivity contribution in [3.8, 4) is 0 Å². The topological polar surface area (TPSA) is 163 Å². The average Bonchev–Trinajstić information content (AvgIpc) is 2.08. The molecule has 0 aromatic rings. The average molecular weight is 272 g/mol. The zero-order valence-electron chi connectivity index (χ0n) is 9.92. The SMILES string of the molecule is C=C(C)C(=O)OCCCCOP(=O)(O)O.N.N. The molecule has 0 unspecified atom stereocenters. The molecule has 0 aliphatic carbocycles. The van der Waals surface area contributed by atoms with E-state index in [0.717, 1.165) is 0 Å². The lowest BCUT2D eigenvalue weighted by molar-refractivity contribution is -0.139. The lowest BCUT2D eigenvalue weighted by Gasteiger charge is -2.05. The van der Waals surface area contributed by atoms with Gasteiger partial charge in [0.1, 0.15) is 0 Å². The third-order valence-electron chi connectivity index (χ3n) is 1.38. The molecule has 0 aromatic heterocycles. The Bertz CT molecular complexity index is 277. The van der Waals surface area contributed by atoms with Crippen molar-refractivity contribution < 1.29 is 28.4 Å². The van der Waals surface area contributed by atoms with Crippen LogP contribution in [0.25, 0.3) is 0 Å². The van der Waals surface area contributed by atoms with Gasteiger partial charge in [0.2, 0.25) is 0 Å². The van der Waals surface area contributed by atoms with Gasteiger partial charge in [0.05, 0.1) is 13.2 Å². The minimum Gasteiger partial charge on any atom is -0.462 e. The van der Waals surface area contributed by atoms with Crippen LogP contribution in [0.4, 0.5) is 0 Å². The minimum atomic E-state index is -4.37. The Morgan fingerprint density at radius 1 is 1.24 bits per heavy atom. The fourth-order valence-electron chi connectivity index (χ4n) is 0.676. The van der Waals surface area contributed by atoms with Gasteiger partial charge in [0.25, 0.3) is 0 Å². The van der Waals surface area contributed by atoms with E-state index >= 15 is 0 Å². The Morgan fingerprint density at radius 3 is 2.12 bits per heavy atom. The number of unbranched alkanes of at least 4 members (excludes halogenated alkanes) is 1. The first-order valence-electron chi connectivity index (χ1n) is 4.35. The summed E-state index contributed by atoms with van der Waals surface area (Å²) in [7, 11) is -4.37. The molecule has 0 fully saturated rings. The molecule has 0 saturated carbocycles. The van der Waals surface area contributed by atoms with E-state index in [4.69, 9.17) is 14.5 Å². The van der Waals surface area contributed by atoms with Crippen molar-refractivity contribution >= 4 is 13.8 Å². The molecule has 8 nitrogen and oxygen atoms in total. The van der Waals surface area contributed by atoms with Crippen LogP contribution in [0.3, 0.4) is 0 Å². The summed E-state index contributed by atoms with van der Waals surface area (Å²) in [4.78, 5) is 27.5. The van der Waals surface area contributed by atoms with Crippen molar-refractivity contribution in [1.82, 2.24) is 12.3 Å². The molecule has 0 atom stereocenters. The second kappa shape index (κ2) is 10.4. The Balaban J connectivity index is -0.000000980. The van der Waals surface area contributed by atoms with E-state index in [0.29, 0.717) is 18.4 Å². The lowest BCUT2D eigenvalue weighted by atomic mass is 10.3. The number of carbonyl (C=O) groups excluding carboxylic acids is 1. The summed E-state index contributed by atoms with van der Waals surface area (Å²) in [6.07, 6.45) is 0.896. The summed E-state index contributed by atoms with van der Waals surface area (Å²) in [6.45, 7) is 5.07. The quantitative estimate of drug-likeness (QED) is 0.233. The second-order valence-corrected chi connectivity index (χ2v) is 4.19. The van der Waals surface area contributed by atoms with Gasteiger partial charge < -0.3 is 26.8 Å². The molecule has 0 radical (unpaired) electrons. The normalized spacial score (nSPS) is 9.82. The molecule has 0 bridgehead atoms. The van der Waals surface area contributed by atoms with Crippen LogP contribution in [0.1, 0.15) is 19.8 Å². The lowest BCUT2D eigenvalue weighted by Crippen LogP contribution is -2.06. The van der Waals surface area contributed by atoms with Crippen molar-refractivity contribution in [2.45, 2.75) is 19.8 Å². The monoisotopic (exact) mass is 272 g/mol. The number of hydrogen-bond donors (Lipinski definition) is 4. The minimum absolute atomic E-state index is 0. The van der Waals surface area contributed by atoms with Crippen LogP contribution in [0.5, 0.6) is 0 Å². The fraction of sp³-hybridized carbons (Fsp3) is 0.625. The third-order valence-corrected chi connectivity index (χ3v) is 1.90. The van der Waals surface area contributed by atoms with Crippen molar-refractivity contribution in [2.75, 3.05) is 13.2 Å². The summed E-state index contributed by atoms with van der Waals surface area (Å²) < 4.78 is 19.2. The van der Waals surface area contributed by atoms with E-state index < -0.39 is 13.8 Å². The molecule has 0 rings (SSSR count). The molecule has 104 valence electrons. The van der Waals surface area contributed by atoms with E-state index in [1.54, 1.807) is 6.92 Å². The highest BCUT2D eigenvalue weighted by Crippen LogP contribution is 2.35. The molecule has 0 spiro atoms. The fourth-order valence-corrected chi connectivity index (χ4v) is 1.04. The molecule has 0 amide bonds. The number of carbonyl (C=O) groups is 1. The maximum Gasteiger partial charge on any atom is 0.469 e. The van der Waals surface area contributed by atoms with E-state index in [9.17, 15) is 9.36 Å². The van der Waals surface area contributed by atoms with Gasteiger partial charge in [-0.2, -0.15) is 0 Å². The predicted molar refractivity (Wildman–Crippen MR) is 63.0 cm³/mol. The van der Waals surface area contributed by atoms with Crippen molar-refractivity contribution in [1.29, 1.82) is 0 Å². The summed E-state index contributed by atoms with van der Waals surface area (Å²) in [5.41, 5.74) is 0.321. The predicted octanol–water partition coefficient (Wildman–Crippen LogP) is 1.32. The Labute approximate surface area is 100 Å². The maximum atomic E-state index is 10.9. The number of rotatable bonds is 7. The summed E-state index contributed by atoms with van der Waals surface area (Å²) in [6, 6.07) is 0. The standard InChI is InChI=1S/C8H15O6P.2H3N/c1-7(2)8(9)13-5-3-4-6-14-15(10,11)12;;/h1,3-6H2,2H3,(H2,10,11,12);2*1H3. The number of ether oxygens (including phenoxy) is 1. The molecule has 0 saturated heterocycles. The van der Waals surface area contributed by atoms with Crippen molar-refractivity contribution in [2.24, 2.45) is 0 Å². The van der Waals surface area contributed by atoms with Crippen molar-refractivity contribution in [3.05, 3.63) is 12.2 Å². The molecular weight excluding hydrogens is 251 g/mol. The first-order chi connectivity index (χ1) is 6.83. The van der Waals surface area contributed by atoms with Gasteiger partial charge in [0, 0.05) is 5.57 Å². The number of hydrogen-bond acceptors (Lipinski definition) is 6. The van der Waals surface area contributed by atoms with E-state index in [2.05, 4.69) is 11.1 Å². The second-order valence-electron chi connectivity index (χ2n) is 2.95. The van der Waals surface area contributed by atoms with Crippen LogP contribution < -0.4 is 12.3 Å². The van der Waals surface area contributed by atoms with E-state index in [1.807, 2.05) is 0 Å². The number of esters is 1. The highest BCUT2D eigenvalue weighted by molar-refractivity contribution is 7.46. The first-order valence-corrected chi connectivity index (χ1v) is 5.88. The molecule has 0 heterocycles. The molecule has 9 heteroatoms. The van der Waals surface area contributed by atoms with E-state index in [-0.39, 0.29) is 25.5 Å². The van der Waals surface area contributed by atoms with Gasteiger partial charge in [0.15, 0.2) is 0 Å². The Kier molecular flexibility index (Phi) is 13.2. The Morgan fingerprint density at radius 2 is 1.71 bits per heavy atom. The van der Waals surface area contributed by atoms with Gasteiger partial charge in [-0.05, 0) is 19.8 Å². The summed E-state index contributed by atoms with van der Waals surface area (Å²) in [5, 5.41) is 0. The van der Waals surface area contributed by atoms with Crippen LogP contribution in [0, 0.1) is 0 Å². The van der Waals surface area contributed by atoms with Gasteiger partial charge in [-0.1, -0.05) is 6.58 Å². The maximum absolute atomic E-state index is 10.9. The van der Waals surface area contributed by atoms with Gasteiger partial charge >= 0.3 is 13.8 Å². The zero-order chi connectivity index (χ0) is 11.9. The van der Waals surface area contributed by atoms with E-state index in [1.165, 1.54) is 0 Å². The smallest absolute Gasteiger partial charge is 0.462 e. The van der Waals surface area contributed by atoms with Gasteiger partial charge in [-0.15, -0.1) is 0 Å². The van der Waals surface area contributed by atoms with Crippen LogP contribution in [-0.2, 0) is 18.6 Å². The van der Waals surface area contributed by atoms with Crippen LogP contribution in [0.15, 0.2) is 12.2 Å². The largest absolute Gasteiger partial charge is 0.469 e.